The molecule has 3 aromatic rings. The third-order valence-electron chi connectivity index (χ3n) is 3.28. The molecule has 0 amide bonds. The van der Waals surface area contributed by atoms with E-state index >= 15 is 0 Å². The third-order valence-corrected chi connectivity index (χ3v) is 4.23. The van der Waals surface area contributed by atoms with Gasteiger partial charge in [0.15, 0.2) is 4.96 Å². The Bertz CT molecular complexity index is 807. The van der Waals surface area contributed by atoms with Crippen LogP contribution in [-0.2, 0) is 6.54 Å². The van der Waals surface area contributed by atoms with Crippen molar-refractivity contribution in [2.75, 3.05) is 5.32 Å². The summed E-state index contributed by atoms with van der Waals surface area (Å²) in [6, 6.07) is 9.66. The van der Waals surface area contributed by atoms with Crippen LogP contribution in [0.1, 0.15) is 22.6 Å². The minimum absolute atomic E-state index is 0.664. The first-order valence-electron chi connectivity index (χ1n) is 6.35. The van der Waals surface area contributed by atoms with Crippen LogP contribution in [0.2, 0.25) is 0 Å². The topological polar surface area (TPSA) is 53.1 Å². The van der Waals surface area contributed by atoms with Crippen molar-refractivity contribution in [3.8, 4) is 6.07 Å². The fraction of sp³-hybridized carbons (Fsp3) is 0.200. The van der Waals surface area contributed by atoms with Gasteiger partial charge in [-0.05, 0) is 32.0 Å². The third kappa shape index (κ3) is 2.15. The molecule has 0 aliphatic carbocycles. The number of nitrogens with zero attached hydrogens (tertiary/aromatic N) is 3. The van der Waals surface area contributed by atoms with Gasteiger partial charge in [-0.25, -0.2) is 4.98 Å². The van der Waals surface area contributed by atoms with E-state index in [1.54, 1.807) is 17.4 Å². The Morgan fingerprint density at radius 3 is 3.05 bits per heavy atom. The van der Waals surface area contributed by atoms with E-state index < -0.39 is 0 Å². The molecule has 0 fully saturated rings. The van der Waals surface area contributed by atoms with Gasteiger partial charge in [-0.2, -0.15) is 5.26 Å². The lowest BCUT2D eigenvalue weighted by molar-refractivity contribution is 0.966. The zero-order valence-corrected chi connectivity index (χ0v) is 12.2. The molecule has 1 aromatic carbocycles. The first-order chi connectivity index (χ1) is 9.69. The van der Waals surface area contributed by atoms with E-state index in [0.29, 0.717) is 12.1 Å². The van der Waals surface area contributed by atoms with Crippen LogP contribution in [0.25, 0.3) is 4.96 Å². The van der Waals surface area contributed by atoms with E-state index in [9.17, 15) is 0 Å². The first-order valence-corrected chi connectivity index (χ1v) is 7.23. The highest BCUT2D eigenvalue weighted by Crippen LogP contribution is 2.21. The van der Waals surface area contributed by atoms with Gasteiger partial charge in [0.1, 0.15) is 0 Å². The van der Waals surface area contributed by atoms with Crippen molar-refractivity contribution in [3.63, 3.8) is 0 Å². The van der Waals surface area contributed by atoms with Crippen molar-refractivity contribution < 1.29 is 0 Å². The molecule has 0 unspecified atom stereocenters. The second kappa shape index (κ2) is 4.99. The van der Waals surface area contributed by atoms with Crippen LogP contribution in [-0.4, -0.2) is 9.38 Å². The van der Waals surface area contributed by atoms with Crippen molar-refractivity contribution in [3.05, 3.63) is 52.3 Å². The van der Waals surface area contributed by atoms with Crippen molar-refractivity contribution in [1.29, 1.82) is 5.26 Å². The molecule has 0 radical (unpaired) electrons. The Hall–Kier alpha value is -2.32. The SMILES string of the molecule is Cc1nc2scc(C)n2c1CNc1cccc(C#N)c1. The number of imidazole rings is 1. The number of anilines is 1. The summed E-state index contributed by atoms with van der Waals surface area (Å²) in [6.45, 7) is 4.81. The van der Waals surface area contributed by atoms with Gasteiger partial charge in [0.25, 0.3) is 0 Å². The molecule has 0 saturated heterocycles. The van der Waals surface area contributed by atoms with E-state index in [1.165, 1.54) is 11.4 Å². The summed E-state index contributed by atoms with van der Waals surface area (Å²) in [5.41, 5.74) is 5.03. The number of fused-ring (bicyclic) bond motifs is 1. The summed E-state index contributed by atoms with van der Waals surface area (Å²) in [7, 11) is 0. The van der Waals surface area contributed by atoms with Gasteiger partial charge >= 0.3 is 0 Å². The highest BCUT2D eigenvalue weighted by atomic mass is 32.1. The van der Waals surface area contributed by atoms with Crippen molar-refractivity contribution in [2.24, 2.45) is 0 Å². The van der Waals surface area contributed by atoms with Crippen LogP contribution in [0.4, 0.5) is 5.69 Å². The van der Waals surface area contributed by atoms with E-state index in [2.05, 4.69) is 33.1 Å². The van der Waals surface area contributed by atoms with Gasteiger partial charge in [-0.15, -0.1) is 11.3 Å². The molecule has 0 aliphatic heterocycles. The molecule has 2 aromatic heterocycles. The molecule has 0 atom stereocenters. The van der Waals surface area contributed by atoms with E-state index in [0.717, 1.165) is 16.3 Å². The minimum atomic E-state index is 0.664. The lowest BCUT2D eigenvalue weighted by Crippen LogP contribution is -2.04. The predicted molar refractivity (Wildman–Crippen MR) is 81.0 cm³/mol. The monoisotopic (exact) mass is 282 g/mol. The Morgan fingerprint density at radius 2 is 2.25 bits per heavy atom. The molecule has 4 nitrogen and oxygen atoms in total. The lowest BCUT2D eigenvalue weighted by Gasteiger charge is -2.07. The smallest absolute Gasteiger partial charge is 0.194 e. The van der Waals surface area contributed by atoms with Crippen LogP contribution < -0.4 is 5.32 Å². The fourth-order valence-corrected chi connectivity index (χ4v) is 3.19. The molecular formula is C15H14N4S. The second-order valence-corrected chi connectivity index (χ2v) is 5.52. The van der Waals surface area contributed by atoms with E-state index in [1.807, 2.05) is 25.1 Å². The molecular weight excluding hydrogens is 268 g/mol. The fourth-order valence-electron chi connectivity index (χ4n) is 2.26. The zero-order chi connectivity index (χ0) is 14.1. The largest absolute Gasteiger partial charge is 0.379 e. The predicted octanol–water partition coefficient (Wildman–Crippen LogP) is 3.50. The normalized spacial score (nSPS) is 10.7. The summed E-state index contributed by atoms with van der Waals surface area (Å²) in [5, 5.41) is 14.4. The van der Waals surface area contributed by atoms with Crippen molar-refractivity contribution in [1.82, 2.24) is 9.38 Å². The highest BCUT2D eigenvalue weighted by molar-refractivity contribution is 7.15. The van der Waals surface area contributed by atoms with Gasteiger partial charge in [0, 0.05) is 16.8 Å². The average Bonchev–Trinajstić information content (AvgIpc) is 2.96. The molecule has 0 bridgehead atoms. The number of thiazole rings is 1. The zero-order valence-electron chi connectivity index (χ0n) is 11.3. The molecule has 0 aliphatic rings. The van der Waals surface area contributed by atoms with Gasteiger partial charge in [-0.3, -0.25) is 4.40 Å². The maximum Gasteiger partial charge on any atom is 0.194 e. The summed E-state index contributed by atoms with van der Waals surface area (Å²) in [6.07, 6.45) is 0. The molecule has 0 saturated carbocycles. The quantitative estimate of drug-likeness (QED) is 0.800. The standard InChI is InChI=1S/C15H14N4S/c1-10-9-20-15-18-11(2)14(19(10)15)8-17-13-5-3-4-12(6-13)7-16/h3-6,9,17H,8H2,1-2H3. The summed E-state index contributed by atoms with van der Waals surface area (Å²) >= 11 is 1.66. The van der Waals surface area contributed by atoms with Crippen LogP contribution in [0.5, 0.6) is 0 Å². The van der Waals surface area contributed by atoms with Crippen LogP contribution in [0.15, 0.2) is 29.6 Å². The summed E-state index contributed by atoms with van der Waals surface area (Å²) in [4.78, 5) is 5.60. The van der Waals surface area contributed by atoms with Crippen LogP contribution >= 0.6 is 11.3 Å². The average molecular weight is 282 g/mol. The molecule has 3 rings (SSSR count). The number of aryl methyl sites for hydroxylation is 2. The Morgan fingerprint density at radius 1 is 1.40 bits per heavy atom. The molecule has 0 spiro atoms. The number of benzene rings is 1. The number of hydrogen-bond acceptors (Lipinski definition) is 4. The Kier molecular flexibility index (Phi) is 3.17. The number of hydrogen-bond donors (Lipinski definition) is 1. The van der Waals surface area contributed by atoms with Crippen molar-refractivity contribution >= 4 is 22.0 Å². The number of rotatable bonds is 3. The summed E-state index contributed by atoms with van der Waals surface area (Å²) < 4.78 is 2.18. The lowest BCUT2D eigenvalue weighted by atomic mass is 10.2. The van der Waals surface area contributed by atoms with Crippen molar-refractivity contribution in [2.45, 2.75) is 20.4 Å². The maximum atomic E-state index is 8.92. The van der Waals surface area contributed by atoms with Crippen LogP contribution in [0.3, 0.4) is 0 Å². The molecule has 100 valence electrons. The van der Waals surface area contributed by atoms with Gasteiger partial charge in [0.05, 0.1) is 29.6 Å². The highest BCUT2D eigenvalue weighted by Gasteiger charge is 2.11. The maximum absolute atomic E-state index is 8.92. The number of nitriles is 1. The number of aromatic nitrogens is 2. The Labute approximate surface area is 121 Å². The second-order valence-electron chi connectivity index (χ2n) is 4.69. The van der Waals surface area contributed by atoms with Crippen LogP contribution in [0, 0.1) is 25.2 Å². The summed E-state index contributed by atoms with van der Waals surface area (Å²) in [5.74, 6) is 0. The molecule has 20 heavy (non-hydrogen) atoms. The van der Waals surface area contributed by atoms with E-state index in [4.69, 9.17) is 5.26 Å². The molecule has 2 heterocycles. The van der Waals surface area contributed by atoms with Gasteiger partial charge in [-0.1, -0.05) is 6.07 Å². The molecule has 1 N–H and O–H groups in total. The van der Waals surface area contributed by atoms with E-state index in [-0.39, 0.29) is 0 Å². The number of nitrogens with one attached hydrogen (secondary N) is 1. The van der Waals surface area contributed by atoms with Gasteiger partial charge < -0.3 is 5.32 Å². The molecule has 5 heteroatoms. The first kappa shape index (κ1) is 12.7. The minimum Gasteiger partial charge on any atom is -0.379 e. The van der Waals surface area contributed by atoms with Gasteiger partial charge in [0.2, 0.25) is 0 Å². The Balaban J connectivity index is 1.88.